The van der Waals surface area contributed by atoms with E-state index < -0.39 is 28.3 Å². The van der Waals surface area contributed by atoms with Gasteiger partial charge in [-0.3, -0.25) is 14.7 Å². The van der Waals surface area contributed by atoms with Crippen LogP contribution in [0.15, 0.2) is 30.5 Å². The summed E-state index contributed by atoms with van der Waals surface area (Å²) in [6, 6.07) is 5.45. The molecule has 0 spiro atoms. The topological polar surface area (TPSA) is 130 Å². The van der Waals surface area contributed by atoms with Crippen LogP contribution >= 0.6 is 0 Å². The lowest BCUT2D eigenvalue weighted by Gasteiger charge is -2.29. The smallest absolute Gasteiger partial charge is 0.387 e. The Balaban J connectivity index is 1.58. The highest BCUT2D eigenvalue weighted by Gasteiger charge is 2.26. The number of carbonyl (C=O) groups excluding carboxylic acids is 2. The van der Waals surface area contributed by atoms with Gasteiger partial charge < -0.3 is 15.4 Å². The SMILES string of the molecule is CS(=O)(=O)CCC1CCC(NC(=O)c2[nH]ncc2NC(=O)c2ccccc2OC(F)F)CC1. The van der Waals surface area contributed by atoms with Crippen LogP contribution in [0.4, 0.5) is 14.5 Å². The summed E-state index contributed by atoms with van der Waals surface area (Å²) in [6.45, 7) is -3.09. The van der Waals surface area contributed by atoms with Gasteiger partial charge in [0.05, 0.1) is 23.2 Å². The summed E-state index contributed by atoms with van der Waals surface area (Å²) in [5.74, 6) is -0.998. The van der Waals surface area contributed by atoms with Gasteiger partial charge in [-0.25, -0.2) is 8.42 Å². The van der Waals surface area contributed by atoms with Crippen molar-refractivity contribution < 1.29 is 31.5 Å². The van der Waals surface area contributed by atoms with Crippen LogP contribution in [0.2, 0.25) is 0 Å². The van der Waals surface area contributed by atoms with Gasteiger partial charge in [0.15, 0.2) is 0 Å². The fraction of sp³-hybridized carbons (Fsp3) is 0.476. The van der Waals surface area contributed by atoms with E-state index in [1.807, 2.05) is 0 Å². The molecule has 0 radical (unpaired) electrons. The van der Waals surface area contributed by atoms with Crippen molar-refractivity contribution in [2.45, 2.75) is 44.8 Å². The number of hydrogen-bond donors (Lipinski definition) is 3. The average Bonchev–Trinajstić information content (AvgIpc) is 3.21. The number of alkyl halides is 2. The quantitative estimate of drug-likeness (QED) is 0.502. The molecule has 9 nitrogen and oxygen atoms in total. The van der Waals surface area contributed by atoms with E-state index in [-0.39, 0.29) is 34.5 Å². The number of benzene rings is 1. The monoisotopic (exact) mass is 484 g/mol. The Morgan fingerprint density at radius 3 is 2.55 bits per heavy atom. The number of para-hydroxylation sites is 1. The minimum absolute atomic E-state index is 0.0369. The molecule has 1 saturated carbocycles. The van der Waals surface area contributed by atoms with E-state index in [1.54, 1.807) is 0 Å². The van der Waals surface area contributed by atoms with Crippen molar-refractivity contribution in [2.24, 2.45) is 5.92 Å². The zero-order chi connectivity index (χ0) is 24.0. The molecule has 3 N–H and O–H groups in total. The number of nitrogens with one attached hydrogen (secondary N) is 3. The largest absolute Gasteiger partial charge is 0.434 e. The fourth-order valence-electron chi connectivity index (χ4n) is 3.83. The number of sulfone groups is 1. The van der Waals surface area contributed by atoms with Gasteiger partial charge in [0.1, 0.15) is 21.3 Å². The van der Waals surface area contributed by atoms with Crippen molar-refractivity contribution in [1.82, 2.24) is 15.5 Å². The van der Waals surface area contributed by atoms with Crippen LogP contribution < -0.4 is 15.4 Å². The Morgan fingerprint density at radius 2 is 1.88 bits per heavy atom. The number of H-pyrrole nitrogens is 1. The standard InChI is InChI=1S/C21H26F2N4O5S/c1-33(30,31)11-10-13-6-8-14(9-7-13)25-20(29)18-16(12-24-27-18)26-19(28)15-4-2-3-5-17(15)32-21(22)23/h2-5,12-14,21H,6-11H2,1H3,(H,24,27)(H,25,29)(H,26,28). The second-order valence-corrected chi connectivity index (χ2v) is 10.4. The van der Waals surface area contributed by atoms with Gasteiger partial charge in [-0.05, 0) is 50.2 Å². The third-order valence-electron chi connectivity index (χ3n) is 5.54. The number of aromatic nitrogens is 2. The molecule has 1 fully saturated rings. The maximum absolute atomic E-state index is 12.7. The Bertz CT molecular complexity index is 1080. The van der Waals surface area contributed by atoms with Crippen molar-refractivity contribution >= 4 is 27.3 Å². The van der Waals surface area contributed by atoms with Crippen LogP contribution in [0.1, 0.15) is 53.0 Å². The van der Waals surface area contributed by atoms with Crippen molar-refractivity contribution in [3.63, 3.8) is 0 Å². The lowest BCUT2D eigenvalue weighted by molar-refractivity contribution is -0.0501. The highest BCUT2D eigenvalue weighted by Crippen LogP contribution is 2.28. The van der Waals surface area contributed by atoms with Crippen molar-refractivity contribution in [3.8, 4) is 5.75 Å². The molecule has 12 heteroatoms. The van der Waals surface area contributed by atoms with Gasteiger partial charge in [0.25, 0.3) is 11.8 Å². The molecule has 0 bridgehead atoms. The summed E-state index contributed by atoms with van der Waals surface area (Å²) < 4.78 is 52.3. The summed E-state index contributed by atoms with van der Waals surface area (Å²) in [5.41, 5.74) is 0.0266. The van der Waals surface area contributed by atoms with Crippen LogP contribution in [-0.4, -0.2) is 55.1 Å². The minimum atomic E-state index is -3.09. The average molecular weight is 485 g/mol. The van der Waals surface area contributed by atoms with Gasteiger partial charge in [0.2, 0.25) is 0 Å². The minimum Gasteiger partial charge on any atom is -0.434 e. The first kappa shape index (κ1) is 24.6. The maximum atomic E-state index is 12.7. The summed E-state index contributed by atoms with van der Waals surface area (Å²) in [6.07, 6.45) is 6.16. The molecular weight excluding hydrogens is 458 g/mol. The van der Waals surface area contributed by atoms with Crippen LogP contribution in [0.3, 0.4) is 0 Å². The second-order valence-electron chi connectivity index (χ2n) is 8.10. The molecule has 2 aromatic rings. The molecule has 0 unspecified atom stereocenters. The van der Waals surface area contributed by atoms with E-state index in [1.165, 1.54) is 36.7 Å². The highest BCUT2D eigenvalue weighted by molar-refractivity contribution is 7.90. The number of aromatic amines is 1. The first-order chi connectivity index (χ1) is 15.6. The Morgan fingerprint density at radius 1 is 1.18 bits per heavy atom. The summed E-state index contributed by atoms with van der Waals surface area (Å²) in [5, 5.41) is 11.8. The number of anilines is 1. The van der Waals surface area contributed by atoms with Gasteiger partial charge >= 0.3 is 6.61 Å². The van der Waals surface area contributed by atoms with Crippen LogP contribution in [0, 0.1) is 5.92 Å². The third kappa shape index (κ3) is 7.24. The van der Waals surface area contributed by atoms with Gasteiger partial charge in [-0.2, -0.15) is 13.9 Å². The molecule has 3 rings (SSSR count). The zero-order valence-electron chi connectivity index (χ0n) is 18.0. The normalized spacial score (nSPS) is 18.7. The molecule has 1 aliphatic rings. The first-order valence-corrected chi connectivity index (χ1v) is 12.6. The predicted octanol–water partition coefficient (Wildman–Crippen LogP) is 2.99. The maximum Gasteiger partial charge on any atom is 0.387 e. The van der Waals surface area contributed by atoms with Crippen LogP contribution in [0.25, 0.3) is 0 Å². The van der Waals surface area contributed by atoms with Crippen molar-refractivity contribution in [3.05, 3.63) is 41.7 Å². The molecule has 1 aromatic heterocycles. The molecule has 1 aromatic carbocycles. The van der Waals surface area contributed by atoms with Crippen molar-refractivity contribution in [2.75, 3.05) is 17.3 Å². The molecule has 33 heavy (non-hydrogen) atoms. The molecule has 0 atom stereocenters. The number of halogens is 2. The summed E-state index contributed by atoms with van der Waals surface area (Å²) >= 11 is 0. The molecule has 2 amide bonds. The highest BCUT2D eigenvalue weighted by atomic mass is 32.2. The number of amides is 2. The number of ether oxygens (including phenoxy) is 1. The zero-order valence-corrected chi connectivity index (χ0v) is 18.8. The van der Waals surface area contributed by atoms with E-state index in [9.17, 15) is 26.8 Å². The van der Waals surface area contributed by atoms with E-state index in [0.29, 0.717) is 25.2 Å². The lowest BCUT2D eigenvalue weighted by atomic mass is 9.84. The number of hydrogen-bond acceptors (Lipinski definition) is 6. The Hall–Kier alpha value is -3.02. The second kappa shape index (κ2) is 10.7. The van der Waals surface area contributed by atoms with Gasteiger partial charge in [-0.15, -0.1) is 0 Å². The number of carbonyl (C=O) groups is 2. The predicted molar refractivity (Wildman–Crippen MR) is 117 cm³/mol. The lowest BCUT2D eigenvalue weighted by Crippen LogP contribution is -2.38. The van der Waals surface area contributed by atoms with E-state index >= 15 is 0 Å². The molecule has 180 valence electrons. The third-order valence-corrected chi connectivity index (χ3v) is 6.52. The molecule has 0 aliphatic heterocycles. The summed E-state index contributed by atoms with van der Waals surface area (Å²) in [4.78, 5) is 25.3. The fourth-order valence-corrected chi connectivity index (χ4v) is 4.59. The van der Waals surface area contributed by atoms with E-state index in [2.05, 4.69) is 25.6 Å². The Kier molecular flexibility index (Phi) is 8.01. The van der Waals surface area contributed by atoms with Crippen LogP contribution in [-0.2, 0) is 9.84 Å². The van der Waals surface area contributed by atoms with Gasteiger partial charge in [0, 0.05) is 12.3 Å². The van der Waals surface area contributed by atoms with E-state index in [0.717, 1.165) is 12.8 Å². The molecular formula is C21H26F2N4O5S. The van der Waals surface area contributed by atoms with Crippen molar-refractivity contribution in [1.29, 1.82) is 0 Å². The van der Waals surface area contributed by atoms with Crippen LogP contribution in [0.5, 0.6) is 5.75 Å². The molecule has 1 aliphatic carbocycles. The van der Waals surface area contributed by atoms with Gasteiger partial charge in [-0.1, -0.05) is 12.1 Å². The number of nitrogens with zero attached hydrogens (tertiary/aromatic N) is 1. The van der Waals surface area contributed by atoms with E-state index in [4.69, 9.17) is 0 Å². The first-order valence-electron chi connectivity index (χ1n) is 10.5. The number of rotatable bonds is 9. The molecule has 1 heterocycles. The molecule has 0 saturated heterocycles. The summed E-state index contributed by atoms with van der Waals surface area (Å²) in [7, 11) is -2.99. The Labute approximate surface area is 190 Å².